The molecule has 0 unspecified atom stereocenters. The zero-order chi connectivity index (χ0) is 31.3. The minimum Gasteiger partial charge on any atom is -0.356 e. The number of anilines is 2. The Morgan fingerprint density at radius 1 is 0.457 bits per heavy atom. The SMILES string of the molecule is CC(C)(C)c1ccc(-c2ccc3c(c2)c2cc(Nc4ccc(-c5cccc6ccccc56)cc4)ccc2n3-c2ccccc2)cc1. The van der Waals surface area contributed by atoms with Crippen molar-refractivity contribution in [3.05, 3.63) is 163 Å². The number of nitrogens with zero attached hydrogens (tertiary/aromatic N) is 1. The summed E-state index contributed by atoms with van der Waals surface area (Å²) in [6, 6.07) is 57.2. The van der Waals surface area contributed by atoms with E-state index in [2.05, 4.69) is 188 Å². The number of aromatic nitrogens is 1. The van der Waals surface area contributed by atoms with Gasteiger partial charge in [-0.15, -0.1) is 0 Å². The lowest BCUT2D eigenvalue weighted by Crippen LogP contribution is -2.10. The number of para-hydroxylation sites is 1. The van der Waals surface area contributed by atoms with Gasteiger partial charge in [0.05, 0.1) is 11.0 Å². The predicted molar refractivity (Wildman–Crippen MR) is 198 cm³/mol. The highest BCUT2D eigenvalue weighted by Crippen LogP contribution is 2.37. The minimum atomic E-state index is 0.130. The molecule has 222 valence electrons. The number of fused-ring (bicyclic) bond motifs is 4. The Balaban J connectivity index is 1.19. The largest absolute Gasteiger partial charge is 0.356 e. The van der Waals surface area contributed by atoms with Crippen LogP contribution in [0.4, 0.5) is 11.4 Å². The van der Waals surface area contributed by atoms with Gasteiger partial charge in [0.15, 0.2) is 0 Å². The van der Waals surface area contributed by atoms with Crippen LogP contribution in [0.15, 0.2) is 158 Å². The van der Waals surface area contributed by atoms with Gasteiger partial charge in [-0.25, -0.2) is 0 Å². The molecule has 0 aliphatic rings. The van der Waals surface area contributed by atoms with Crippen LogP contribution in [0, 0.1) is 0 Å². The van der Waals surface area contributed by atoms with E-state index in [9.17, 15) is 0 Å². The molecule has 0 bridgehead atoms. The van der Waals surface area contributed by atoms with Crippen molar-refractivity contribution in [2.45, 2.75) is 26.2 Å². The van der Waals surface area contributed by atoms with Crippen LogP contribution in [0.25, 0.3) is 60.5 Å². The molecule has 0 saturated heterocycles. The number of hydrogen-bond donors (Lipinski definition) is 1. The zero-order valence-electron chi connectivity index (χ0n) is 26.5. The topological polar surface area (TPSA) is 17.0 Å². The van der Waals surface area contributed by atoms with Crippen molar-refractivity contribution in [1.29, 1.82) is 0 Å². The van der Waals surface area contributed by atoms with Crippen molar-refractivity contribution in [3.8, 4) is 27.9 Å². The second-order valence-electron chi connectivity index (χ2n) is 13.2. The first-order valence-corrected chi connectivity index (χ1v) is 16.0. The Morgan fingerprint density at radius 3 is 1.83 bits per heavy atom. The first kappa shape index (κ1) is 27.9. The number of rotatable bonds is 5. The van der Waals surface area contributed by atoms with Crippen LogP contribution in [0.1, 0.15) is 26.3 Å². The molecule has 1 N–H and O–H groups in total. The summed E-state index contributed by atoms with van der Waals surface area (Å²) in [5.74, 6) is 0. The molecule has 0 spiro atoms. The molecular weight excluding hydrogens is 556 g/mol. The molecule has 2 nitrogen and oxygen atoms in total. The molecule has 1 heterocycles. The lowest BCUT2D eigenvalue weighted by Gasteiger charge is -2.19. The standard InChI is InChI=1S/C44H36N2/c1-44(2,3)34-21-16-30(17-22-34)33-20-26-42-40(28-33)41-29-36(25-27-43(41)46(42)37-12-5-4-6-13-37)45-35-23-18-32(19-24-35)39-15-9-11-31-10-7-8-14-38(31)39/h4-29,45H,1-3H3. The van der Waals surface area contributed by atoms with E-state index in [-0.39, 0.29) is 5.41 Å². The highest BCUT2D eigenvalue weighted by Gasteiger charge is 2.16. The van der Waals surface area contributed by atoms with Crippen LogP contribution in [-0.4, -0.2) is 4.57 Å². The maximum Gasteiger partial charge on any atom is 0.0542 e. The Morgan fingerprint density at radius 2 is 1.07 bits per heavy atom. The van der Waals surface area contributed by atoms with Gasteiger partial charge in [-0.05, 0) is 98.6 Å². The van der Waals surface area contributed by atoms with E-state index in [1.165, 1.54) is 60.4 Å². The van der Waals surface area contributed by atoms with Crippen molar-refractivity contribution in [3.63, 3.8) is 0 Å². The molecule has 0 saturated carbocycles. The molecule has 7 aromatic carbocycles. The van der Waals surface area contributed by atoms with E-state index in [0.29, 0.717) is 0 Å². The molecule has 0 radical (unpaired) electrons. The monoisotopic (exact) mass is 592 g/mol. The van der Waals surface area contributed by atoms with E-state index in [1.807, 2.05) is 0 Å². The lowest BCUT2D eigenvalue weighted by atomic mass is 9.86. The molecule has 0 fully saturated rings. The van der Waals surface area contributed by atoms with Crippen molar-refractivity contribution in [2.24, 2.45) is 0 Å². The fourth-order valence-corrected chi connectivity index (χ4v) is 6.68. The average molecular weight is 593 g/mol. The minimum absolute atomic E-state index is 0.130. The normalized spacial score (nSPS) is 11.8. The van der Waals surface area contributed by atoms with Crippen molar-refractivity contribution in [2.75, 3.05) is 5.32 Å². The van der Waals surface area contributed by atoms with Gasteiger partial charge in [0.1, 0.15) is 0 Å². The number of nitrogens with one attached hydrogen (secondary N) is 1. The zero-order valence-corrected chi connectivity index (χ0v) is 26.5. The number of benzene rings is 7. The van der Waals surface area contributed by atoms with Gasteiger partial charge in [-0.2, -0.15) is 0 Å². The highest BCUT2D eigenvalue weighted by atomic mass is 15.0. The molecule has 0 atom stereocenters. The second kappa shape index (κ2) is 11.1. The van der Waals surface area contributed by atoms with Gasteiger partial charge in [0.2, 0.25) is 0 Å². The van der Waals surface area contributed by atoms with Gasteiger partial charge in [-0.3, -0.25) is 0 Å². The van der Waals surface area contributed by atoms with Crippen LogP contribution >= 0.6 is 0 Å². The van der Waals surface area contributed by atoms with E-state index in [1.54, 1.807) is 0 Å². The Labute approximate surface area is 270 Å². The summed E-state index contributed by atoms with van der Waals surface area (Å²) in [6.45, 7) is 6.78. The van der Waals surface area contributed by atoms with Crippen LogP contribution < -0.4 is 5.32 Å². The van der Waals surface area contributed by atoms with E-state index in [4.69, 9.17) is 0 Å². The summed E-state index contributed by atoms with van der Waals surface area (Å²) in [5, 5.41) is 8.68. The fraction of sp³-hybridized carbons (Fsp3) is 0.0909. The van der Waals surface area contributed by atoms with Gasteiger partial charge in [0.25, 0.3) is 0 Å². The predicted octanol–water partition coefficient (Wildman–Crippen LogP) is 12.3. The van der Waals surface area contributed by atoms with Crippen LogP contribution in [0.5, 0.6) is 0 Å². The summed E-state index contributed by atoms with van der Waals surface area (Å²) >= 11 is 0. The van der Waals surface area contributed by atoms with E-state index in [0.717, 1.165) is 17.1 Å². The third-order valence-corrected chi connectivity index (χ3v) is 9.14. The highest BCUT2D eigenvalue weighted by molar-refractivity contribution is 6.11. The molecule has 8 aromatic rings. The molecule has 0 amide bonds. The second-order valence-corrected chi connectivity index (χ2v) is 13.2. The summed E-state index contributed by atoms with van der Waals surface area (Å²) in [7, 11) is 0. The maximum absolute atomic E-state index is 3.68. The Kier molecular flexibility index (Phi) is 6.73. The van der Waals surface area contributed by atoms with Crippen LogP contribution in [0.3, 0.4) is 0 Å². The third-order valence-electron chi connectivity index (χ3n) is 9.14. The summed E-state index contributed by atoms with van der Waals surface area (Å²) < 4.78 is 2.37. The molecule has 8 rings (SSSR count). The molecule has 0 aliphatic carbocycles. The molecule has 2 heteroatoms. The maximum atomic E-state index is 3.68. The molecule has 1 aromatic heterocycles. The third kappa shape index (κ3) is 5.02. The Bertz CT molecular complexity index is 2330. The first-order chi connectivity index (χ1) is 22.4. The summed E-state index contributed by atoms with van der Waals surface area (Å²) in [4.78, 5) is 0. The van der Waals surface area contributed by atoms with Gasteiger partial charge in [0, 0.05) is 27.8 Å². The van der Waals surface area contributed by atoms with Crippen LogP contribution in [-0.2, 0) is 5.41 Å². The van der Waals surface area contributed by atoms with Crippen molar-refractivity contribution in [1.82, 2.24) is 4.57 Å². The van der Waals surface area contributed by atoms with Gasteiger partial charge in [-0.1, -0.05) is 124 Å². The smallest absolute Gasteiger partial charge is 0.0542 e. The quantitative estimate of drug-likeness (QED) is 0.210. The van der Waals surface area contributed by atoms with Crippen molar-refractivity contribution < 1.29 is 0 Å². The average Bonchev–Trinajstić information content (AvgIpc) is 3.41. The van der Waals surface area contributed by atoms with Gasteiger partial charge < -0.3 is 9.88 Å². The van der Waals surface area contributed by atoms with E-state index >= 15 is 0 Å². The van der Waals surface area contributed by atoms with Crippen LogP contribution in [0.2, 0.25) is 0 Å². The molecular formula is C44H36N2. The Hall–Kier alpha value is -5.60. The first-order valence-electron chi connectivity index (χ1n) is 16.0. The van der Waals surface area contributed by atoms with Crippen molar-refractivity contribution >= 4 is 44.0 Å². The molecule has 0 aliphatic heterocycles. The van der Waals surface area contributed by atoms with E-state index < -0.39 is 0 Å². The lowest BCUT2D eigenvalue weighted by molar-refractivity contribution is 0.590. The molecule has 46 heavy (non-hydrogen) atoms. The summed E-state index contributed by atoms with van der Waals surface area (Å²) in [6.07, 6.45) is 0. The van der Waals surface area contributed by atoms with Gasteiger partial charge >= 0.3 is 0 Å². The number of hydrogen-bond acceptors (Lipinski definition) is 1. The fourth-order valence-electron chi connectivity index (χ4n) is 6.68. The summed E-state index contributed by atoms with van der Waals surface area (Å²) in [5.41, 5.74) is 12.1.